The van der Waals surface area contributed by atoms with E-state index in [0.717, 1.165) is 76.7 Å². The van der Waals surface area contributed by atoms with Crippen LogP contribution in [0.25, 0.3) is 21.3 Å². The molecule has 3 aliphatic rings. The highest BCUT2D eigenvalue weighted by Gasteiger charge is 2.31. The Morgan fingerprint density at radius 2 is 1.86 bits per heavy atom. The van der Waals surface area contributed by atoms with E-state index in [0.29, 0.717) is 30.5 Å². The number of amides is 2. The van der Waals surface area contributed by atoms with Crippen molar-refractivity contribution >= 4 is 45.0 Å². The van der Waals surface area contributed by atoms with E-state index < -0.39 is 0 Å². The molecule has 0 bridgehead atoms. The molecule has 0 aliphatic carbocycles. The number of carbonyl (C=O) groups excluding carboxylic acids is 2. The van der Waals surface area contributed by atoms with Gasteiger partial charge in [-0.3, -0.25) is 24.4 Å². The molecule has 7 nitrogen and oxygen atoms in total. The van der Waals surface area contributed by atoms with Crippen LogP contribution in [0, 0.1) is 6.92 Å². The standard InChI is InChI=1S/C27H28ClN3O4S/c1-16-10-17(28)11-22(26(16)35-19-5-8-30(9-6-19)18-14-34-15-18)21-4-7-29-23-12-20(36-27(21)23)13-31-24(32)2-3-25(31)33/h4,7,10-12,18-19H,2-3,5-6,8-9,13-15H2,1H3. The summed E-state index contributed by atoms with van der Waals surface area (Å²) in [4.78, 5) is 33.6. The van der Waals surface area contributed by atoms with Crippen molar-refractivity contribution in [3.63, 3.8) is 0 Å². The molecule has 6 rings (SSSR count). The molecular formula is C27H28ClN3O4S. The maximum atomic E-state index is 12.1. The van der Waals surface area contributed by atoms with Crippen molar-refractivity contribution in [3.8, 4) is 16.9 Å². The third kappa shape index (κ3) is 4.52. The van der Waals surface area contributed by atoms with Crippen LogP contribution in [-0.4, -0.2) is 65.0 Å². The van der Waals surface area contributed by atoms with E-state index in [9.17, 15) is 9.59 Å². The number of hydrogen-bond donors (Lipinski definition) is 0. The molecule has 36 heavy (non-hydrogen) atoms. The number of aromatic nitrogens is 1. The number of imide groups is 1. The van der Waals surface area contributed by atoms with Crippen LogP contribution in [0.3, 0.4) is 0 Å². The lowest BCUT2D eigenvalue weighted by Crippen LogP contribution is -2.52. The summed E-state index contributed by atoms with van der Waals surface area (Å²) >= 11 is 8.09. The van der Waals surface area contributed by atoms with E-state index in [1.54, 1.807) is 17.5 Å². The zero-order valence-corrected chi connectivity index (χ0v) is 21.7. The molecule has 188 valence electrons. The predicted octanol–water partition coefficient (Wildman–Crippen LogP) is 4.82. The molecule has 3 aliphatic heterocycles. The molecule has 9 heteroatoms. The minimum absolute atomic E-state index is 0.109. The van der Waals surface area contributed by atoms with E-state index in [1.165, 1.54) is 4.90 Å². The van der Waals surface area contributed by atoms with Gasteiger partial charge in [-0.05, 0) is 49.6 Å². The fourth-order valence-corrected chi connectivity index (χ4v) is 6.68. The van der Waals surface area contributed by atoms with Crippen molar-refractivity contribution in [1.82, 2.24) is 14.8 Å². The van der Waals surface area contributed by atoms with Gasteiger partial charge in [-0.1, -0.05) is 11.6 Å². The van der Waals surface area contributed by atoms with Gasteiger partial charge < -0.3 is 9.47 Å². The van der Waals surface area contributed by atoms with Crippen molar-refractivity contribution in [1.29, 1.82) is 0 Å². The van der Waals surface area contributed by atoms with Crippen LogP contribution in [0.2, 0.25) is 5.02 Å². The highest BCUT2D eigenvalue weighted by atomic mass is 35.5. The number of ether oxygens (including phenoxy) is 2. The van der Waals surface area contributed by atoms with Crippen molar-refractivity contribution in [2.75, 3.05) is 26.3 Å². The number of pyridine rings is 1. The quantitative estimate of drug-likeness (QED) is 0.430. The number of piperidine rings is 1. The minimum Gasteiger partial charge on any atom is -0.489 e. The number of thiophene rings is 1. The van der Waals surface area contributed by atoms with Crippen LogP contribution >= 0.6 is 22.9 Å². The Kier molecular flexibility index (Phi) is 6.46. The Morgan fingerprint density at radius 3 is 2.56 bits per heavy atom. The third-order valence-corrected chi connectivity index (χ3v) is 8.72. The van der Waals surface area contributed by atoms with Crippen LogP contribution in [0.1, 0.15) is 36.1 Å². The van der Waals surface area contributed by atoms with Crippen LogP contribution in [0.15, 0.2) is 30.5 Å². The number of rotatable bonds is 6. The summed E-state index contributed by atoms with van der Waals surface area (Å²) in [5.41, 5.74) is 3.79. The Balaban J connectivity index is 1.30. The Hall–Kier alpha value is -2.52. The maximum absolute atomic E-state index is 12.1. The zero-order valence-electron chi connectivity index (χ0n) is 20.2. The lowest BCUT2D eigenvalue weighted by atomic mass is 10.0. The molecule has 3 aromatic rings. The average molecular weight is 526 g/mol. The summed E-state index contributed by atoms with van der Waals surface area (Å²) in [7, 11) is 0. The first-order valence-corrected chi connectivity index (χ1v) is 13.7. The van der Waals surface area contributed by atoms with Crippen LogP contribution in [0.5, 0.6) is 5.75 Å². The second-order valence-corrected chi connectivity index (χ2v) is 11.4. The van der Waals surface area contributed by atoms with Gasteiger partial charge in [0.2, 0.25) is 11.8 Å². The van der Waals surface area contributed by atoms with Gasteiger partial charge in [0.25, 0.3) is 0 Å². The first-order chi connectivity index (χ1) is 17.5. The summed E-state index contributed by atoms with van der Waals surface area (Å²) < 4.78 is 13.0. The number of benzene rings is 1. The molecule has 0 N–H and O–H groups in total. The van der Waals surface area contributed by atoms with Gasteiger partial charge in [-0.2, -0.15) is 0 Å². The second kappa shape index (κ2) is 9.74. The zero-order chi connectivity index (χ0) is 24.8. The van der Waals surface area contributed by atoms with E-state index in [-0.39, 0.29) is 17.9 Å². The number of halogens is 1. The first-order valence-electron chi connectivity index (χ1n) is 12.5. The fourth-order valence-electron chi connectivity index (χ4n) is 5.28. The molecule has 0 radical (unpaired) electrons. The van der Waals surface area contributed by atoms with Gasteiger partial charge in [0.05, 0.1) is 36.0 Å². The van der Waals surface area contributed by atoms with Gasteiger partial charge in [-0.25, -0.2) is 0 Å². The molecular weight excluding hydrogens is 498 g/mol. The summed E-state index contributed by atoms with van der Waals surface area (Å²) in [5.74, 6) is 0.641. The third-order valence-electron chi connectivity index (χ3n) is 7.36. The molecule has 0 spiro atoms. The van der Waals surface area contributed by atoms with Crippen molar-refractivity contribution in [3.05, 3.63) is 45.9 Å². The number of aryl methyl sites for hydroxylation is 1. The van der Waals surface area contributed by atoms with Gasteiger partial charge >= 0.3 is 0 Å². The first kappa shape index (κ1) is 23.9. The van der Waals surface area contributed by atoms with Crippen molar-refractivity contribution < 1.29 is 19.1 Å². The van der Waals surface area contributed by atoms with Crippen molar-refractivity contribution in [2.24, 2.45) is 0 Å². The molecule has 0 saturated carbocycles. The molecule has 2 aromatic heterocycles. The number of nitrogens with zero attached hydrogens (tertiary/aromatic N) is 3. The van der Waals surface area contributed by atoms with E-state index in [2.05, 4.69) is 9.88 Å². The Labute approximate surface area is 218 Å². The summed E-state index contributed by atoms with van der Waals surface area (Å²) in [6, 6.07) is 8.44. The van der Waals surface area contributed by atoms with E-state index in [4.69, 9.17) is 21.1 Å². The van der Waals surface area contributed by atoms with Gasteiger partial charge in [0, 0.05) is 53.2 Å². The highest BCUT2D eigenvalue weighted by molar-refractivity contribution is 7.19. The van der Waals surface area contributed by atoms with E-state index >= 15 is 0 Å². The van der Waals surface area contributed by atoms with Crippen LogP contribution in [0.4, 0.5) is 0 Å². The normalized spacial score (nSPS) is 19.9. The van der Waals surface area contributed by atoms with Crippen LogP contribution < -0.4 is 4.74 Å². The maximum Gasteiger partial charge on any atom is 0.230 e. The Bertz CT molecular complexity index is 1310. The lowest BCUT2D eigenvalue weighted by molar-refractivity contribution is -0.138. The fraction of sp³-hybridized carbons (Fsp3) is 0.444. The number of hydrogen-bond acceptors (Lipinski definition) is 7. The molecule has 0 unspecified atom stereocenters. The Morgan fingerprint density at radius 1 is 1.11 bits per heavy atom. The molecule has 1 aromatic carbocycles. The lowest BCUT2D eigenvalue weighted by Gasteiger charge is -2.41. The summed E-state index contributed by atoms with van der Waals surface area (Å²) in [6.07, 6.45) is 4.48. The number of carbonyl (C=O) groups is 2. The number of likely N-dealkylation sites (tertiary alicyclic amines) is 2. The minimum atomic E-state index is -0.109. The van der Waals surface area contributed by atoms with Crippen LogP contribution in [-0.2, 0) is 20.9 Å². The van der Waals surface area contributed by atoms with Crippen molar-refractivity contribution in [2.45, 2.75) is 51.3 Å². The average Bonchev–Trinajstić information content (AvgIpc) is 3.38. The molecule has 5 heterocycles. The van der Waals surface area contributed by atoms with Gasteiger partial charge in [-0.15, -0.1) is 11.3 Å². The SMILES string of the molecule is Cc1cc(Cl)cc(-c2ccnc3cc(CN4C(=O)CCC4=O)sc23)c1OC1CCN(C2COC2)CC1. The predicted molar refractivity (Wildman–Crippen MR) is 139 cm³/mol. The summed E-state index contributed by atoms with van der Waals surface area (Å²) in [5, 5.41) is 0.657. The topological polar surface area (TPSA) is 72.0 Å². The molecule has 0 atom stereocenters. The molecule has 2 amide bonds. The van der Waals surface area contributed by atoms with E-state index in [1.807, 2.05) is 31.2 Å². The molecule has 3 saturated heterocycles. The smallest absolute Gasteiger partial charge is 0.230 e. The number of fused-ring (bicyclic) bond motifs is 1. The summed E-state index contributed by atoms with van der Waals surface area (Å²) in [6.45, 7) is 6.04. The van der Waals surface area contributed by atoms with Gasteiger partial charge in [0.15, 0.2) is 0 Å². The second-order valence-electron chi connectivity index (χ2n) is 9.80. The highest BCUT2D eigenvalue weighted by Crippen LogP contribution is 2.42. The largest absolute Gasteiger partial charge is 0.489 e. The monoisotopic (exact) mass is 525 g/mol. The molecule has 3 fully saturated rings. The van der Waals surface area contributed by atoms with Gasteiger partial charge in [0.1, 0.15) is 11.9 Å².